The minimum Gasteiger partial charge on any atom is -0.452 e. The van der Waals surface area contributed by atoms with Gasteiger partial charge in [0.05, 0.1) is 11.0 Å². The number of carbonyl (C=O) groups excluding carboxylic acids is 2. The SMILES string of the molecule is CC(C)Cc1ccc([C@@H](C)NC(=O)COC(=O)/C=C/c2cccc([N+](=O)[O-])c2)cc1. The third kappa shape index (κ3) is 7.50. The number of nitro benzene ring substituents is 1. The number of ether oxygens (including phenoxy) is 1. The van der Waals surface area contributed by atoms with Gasteiger partial charge in [-0.05, 0) is 42.0 Å². The van der Waals surface area contributed by atoms with Gasteiger partial charge in [0.15, 0.2) is 6.61 Å². The third-order valence-corrected chi connectivity index (χ3v) is 4.34. The van der Waals surface area contributed by atoms with Crippen molar-refractivity contribution in [1.29, 1.82) is 0 Å². The highest BCUT2D eigenvalue weighted by Crippen LogP contribution is 2.16. The molecule has 0 heterocycles. The normalized spacial score (nSPS) is 12.0. The van der Waals surface area contributed by atoms with Crippen molar-refractivity contribution < 1.29 is 19.2 Å². The Morgan fingerprint density at radius 3 is 2.47 bits per heavy atom. The van der Waals surface area contributed by atoms with E-state index in [-0.39, 0.29) is 11.7 Å². The summed E-state index contributed by atoms with van der Waals surface area (Å²) in [5.74, 6) is -0.540. The summed E-state index contributed by atoms with van der Waals surface area (Å²) in [5.41, 5.74) is 2.63. The number of nitrogens with one attached hydrogen (secondary N) is 1. The Hall–Kier alpha value is -3.48. The first-order valence-corrected chi connectivity index (χ1v) is 9.72. The number of nitro groups is 1. The summed E-state index contributed by atoms with van der Waals surface area (Å²) < 4.78 is 4.93. The van der Waals surface area contributed by atoms with E-state index in [4.69, 9.17) is 4.74 Å². The molecule has 2 aromatic rings. The minimum atomic E-state index is -0.706. The van der Waals surface area contributed by atoms with Crippen LogP contribution in [-0.2, 0) is 20.7 Å². The van der Waals surface area contributed by atoms with Gasteiger partial charge in [-0.25, -0.2) is 4.79 Å². The van der Waals surface area contributed by atoms with E-state index in [2.05, 4.69) is 31.3 Å². The molecule has 30 heavy (non-hydrogen) atoms. The Balaban J connectivity index is 1.81. The fourth-order valence-corrected chi connectivity index (χ4v) is 2.87. The van der Waals surface area contributed by atoms with Crippen LogP contribution in [0.25, 0.3) is 6.08 Å². The largest absolute Gasteiger partial charge is 0.452 e. The topological polar surface area (TPSA) is 98.5 Å². The van der Waals surface area contributed by atoms with E-state index < -0.39 is 23.4 Å². The van der Waals surface area contributed by atoms with Gasteiger partial charge in [-0.1, -0.05) is 50.2 Å². The van der Waals surface area contributed by atoms with E-state index in [9.17, 15) is 19.7 Å². The van der Waals surface area contributed by atoms with Crippen molar-refractivity contribution in [3.05, 3.63) is 81.4 Å². The smallest absolute Gasteiger partial charge is 0.331 e. The summed E-state index contributed by atoms with van der Waals surface area (Å²) in [4.78, 5) is 34.1. The van der Waals surface area contributed by atoms with Crippen molar-refractivity contribution in [2.24, 2.45) is 5.92 Å². The standard InChI is InChI=1S/C23H26N2O5/c1-16(2)13-19-7-10-20(11-8-19)17(3)24-22(26)15-30-23(27)12-9-18-5-4-6-21(14-18)25(28)29/h4-12,14,16-17H,13,15H2,1-3H3,(H,24,26)/b12-9+/t17-/m1/s1. The van der Waals surface area contributed by atoms with Gasteiger partial charge in [0.1, 0.15) is 0 Å². The first-order chi connectivity index (χ1) is 14.2. The minimum absolute atomic E-state index is 0.0730. The Morgan fingerprint density at radius 1 is 1.13 bits per heavy atom. The molecule has 2 aromatic carbocycles. The molecule has 0 spiro atoms. The van der Waals surface area contributed by atoms with Crippen molar-refractivity contribution >= 4 is 23.6 Å². The van der Waals surface area contributed by atoms with Gasteiger partial charge in [0.25, 0.3) is 11.6 Å². The van der Waals surface area contributed by atoms with Crippen LogP contribution < -0.4 is 5.32 Å². The van der Waals surface area contributed by atoms with Gasteiger partial charge >= 0.3 is 5.97 Å². The quantitative estimate of drug-likeness (QED) is 0.289. The van der Waals surface area contributed by atoms with Crippen LogP contribution in [0.15, 0.2) is 54.6 Å². The van der Waals surface area contributed by atoms with Crippen LogP contribution in [-0.4, -0.2) is 23.4 Å². The summed E-state index contributed by atoms with van der Waals surface area (Å²) in [7, 11) is 0. The van der Waals surface area contributed by atoms with Crippen molar-refractivity contribution in [3.8, 4) is 0 Å². The zero-order chi connectivity index (χ0) is 22.1. The second-order valence-corrected chi connectivity index (χ2v) is 7.42. The van der Waals surface area contributed by atoms with Crippen molar-refractivity contribution in [2.45, 2.75) is 33.2 Å². The molecule has 0 aliphatic heterocycles. The van der Waals surface area contributed by atoms with E-state index in [0.29, 0.717) is 11.5 Å². The molecule has 1 atom stereocenters. The maximum Gasteiger partial charge on any atom is 0.331 e. The second kappa shape index (κ2) is 10.9. The summed E-state index contributed by atoms with van der Waals surface area (Å²) >= 11 is 0. The van der Waals surface area contributed by atoms with Crippen molar-refractivity contribution in [2.75, 3.05) is 6.61 Å². The van der Waals surface area contributed by atoms with Crippen LogP contribution in [0.4, 0.5) is 5.69 Å². The number of hydrogen-bond donors (Lipinski definition) is 1. The Bertz CT molecular complexity index is 919. The maximum atomic E-state index is 12.1. The fourth-order valence-electron chi connectivity index (χ4n) is 2.87. The monoisotopic (exact) mass is 410 g/mol. The summed E-state index contributed by atoms with van der Waals surface area (Å²) in [5, 5.41) is 13.6. The van der Waals surface area contributed by atoms with Gasteiger partial charge in [-0.2, -0.15) is 0 Å². The molecule has 1 N–H and O–H groups in total. The maximum absolute atomic E-state index is 12.1. The number of nitrogens with zero attached hydrogens (tertiary/aromatic N) is 1. The lowest BCUT2D eigenvalue weighted by Crippen LogP contribution is -2.30. The van der Waals surface area contributed by atoms with Gasteiger partial charge in [-0.15, -0.1) is 0 Å². The van der Waals surface area contributed by atoms with Crippen LogP contribution >= 0.6 is 0 Å². The van der Waals surface area contributed by atoms with Gasteiger partial charge in [0, 0.05) is 18.2 Å². The van der Waals surface area contributed by atoms with E-state index in [1.807, 2.05) is 19.1 Å². The average Bonchev–Trinajstić information content (AvgIpc) is 2.71. The zero-order valence-corrected chi connectivity index (χ0v) is 17.3. The number of hydrogen-bond acceptors (Lipinski definition) is 5. The summed E-state index contributed by atoms with van der Waals surface area (Å²) in [6.07, 6.45) is 3.53. The predicted molar refractivity (Wildman–Crippen MR) is 115 cm³/mol. The highest BCUT2D eigenvalue weighted by atomic mass is 16.6. The van der Waals surface area contributed by atoms with Crippen LogP contribution in [0.3, 0.4) is 0 Å². The van der Waals surface area contributed by atoms with Crippen LogP contribution in [0.2, 0.25) is 0 Å². The van der Waals surface area contributed by atoms with E-state index in [1.165, 1.54) is 29.8 Å². The Labute approximate surface area is 175 Å². The fraction of sp³-hybridized carbons (Fsp3) is 0.304. The molecule has 0 bridgehead atoms. The highest BCUT2D eigenvalue weighted by molar-refractivity contribution is 5.89. The van der Waals surface area contributed by atoms with Gasteiger partial charge in [0.2, 0.25) is 0 Å². The van der Waals surface area contributed by atoms with Crippen LogP contribution in [0.5, 0.6) is 0 Å². The number of amides is 1. The molecule has 7 nitrogen and oxygen atoms in total. The summed E-state index contributed by atoms with van der Waals surface area (Å²) in [6, 6.07) is 13.7. The highest BCUT2D eigenvalue weighted by Gasteiger charge is 2.11. The molecule has 0 saturated carbocycles. The molecule has 158 valence electrons. The molecule has 0 aromatic heterocycles. The molecule has 0 fully saturated rings. The molecule has 0 aliphatic rings. The number of benzene rings is 2. The predicted octanol–water partition coefficient (Wildman–Crippen LogP) is 4.23. The number of rotatable bonds is 9. The number of carbonyl (C=O) groups is 2. The number of non-ortho nitro benzene ring substituents is 1. The molecule has 7 heteroatoms. The first kappa shape index (κ1) is 22.8. The van der Waals surface area contributed by atoms with Crippen LogP contribution in [0.1, 0.15) is 43.5 Å². The lowest BCUT2D eigenvalue weighted by atomic mass is 10.00. The number of esters is 1. The molecule has 0 aliphatic carbocycles. The van der Waals surface area contributed by atoms with Crippen LogP contribution in [0, 0.1) is 16.0 Å². The lowest BCUT2D eigenvalue weighted by Gasteiger charge is -2.15. The van der Waals surface area contributed by atoms with Crippen molar-refractivity contribution in [1.82, 2.24) is 5.32 Å². The molecular formula is C23H26N2O5. The molecule has 0 radical (unpaired) electrons. The van der Waals surface area contributed by atoms with Gasteiger partial charge < -0.3 is 10.1 Å². The van der Waals surface area contributed by atoms with E-state index in [0.717, 1.165) is 18.1 Å². The first-order valence-electron chi connectivity index (χ1n) is 9.72. The van der Waals surface area contributed by atoms with Gasteiger partial charge in [-0.3, -0.25) is 14.9 Å². The average molecular weight is 410 g/mol. The Morgan fingerprint density at radius 2 is 1.83 bits per heavy atom. The zero-order valence-electron chi connectivity index (χ0n) is 17.3. The van der Waals surface area contributed by atoms with E-state index in [1.54, 1.807) is 6.07 Å². The molecule has 0 saturated heterocycles. The van der Waals surface area contributed by atoms with E-state index >= 15 is 0 Å². The summed E-state index contributed by atoms with van der Waals surface area (Å²) in [6.45, 7) is 5.78. The Kier molecular flexibility index (Phi) is 8.29. The third-order valence-electron chi connectivity index (χ3n) is 4.34. The van der Waals surface area contributed by atoms with Crippen molar-refractivity contribution in [3.63, 3.8) is 0 Å². The second-order valence-electron chi connectivity index (χ2n) is 7.42. The molecule has 0 unspecified atom stereocenters. The lowest BCUT2D eigenvalue weighted by molar-refractivity contribution is -0.384. The molecular weight excluding hydrogens is 384 g/mol. The molecule has 2 rings (SSSR count). The molecule has 1 amide bonds.